The summed E-state index contributed by atoms with van der Waals surface area (Å²) in [7, 11) is -5.85. The number of hydrogen-bond donors (Lipinski definition) is 0. The Morgan fingerprint density at radius 3 is 0.972 bits per heavy atom. The molecule has 0 amide bonds. The SMILES string of the molecule is COP1(Oc2cccc(C)c2)=NP(OC)(Oc2cccc(C)c2)=NP(OC)(Oc2cccc(C)c2)=N1. The van der Waals surface area contributed by atoms with Crippen LogP contribution in [0.1, 0.15) is 16.7 Å². The van der Waals surface area contributed by atoms with E-state index in [-0.39, 0.29) is 0 Å². The average molecular weight is 549 g/mol. The van der Waals surface area contributed by atoms with Gasteiger partial charge in [0.2, 0.25) is 0 Å². The lowest BCUT2D eigenvalue weighted by Crippen LogP contribution is -2.05. The summed E-state index contributed by atoms with van der Waals surface area (Å²) in [5.41, 5.74) is 3.03. The van der Waals surface area contributed by atoms with E-state index in [9.17, 15) is 0 Å². The Labute approximate surface area is 212 Å². The van der Waals surface area contributed by atoms with E-state index in [1.807, 2.05) is 93.6 Å². The van der Waals surface area contributed by atoms with E-state index < -0.39 is 23.0 Å². The molecule has 0 aliphatic carbocycles. The van der Waals surface area contributed by atoms with Crippen molar-refractivity contribution in [3.8, 4) is 17.2 Å². The quantitative estimate of drug-likeness (QED) is 0.248. The van der Waals surface area contributed by atoms with Gasteiger partial charge < -0.3 is 27.1 Å². The number of hydrogen-bond acceptors (Lipinski definition) is 9. The molecule has 192 valence electrons. The molecule has 1 aliphatic heterocycles. The molecule has 0 N–H and O–H groups in total. The van der Waals surface area contributed by atoms with Crippen molar-refractivity contribution in [1.29, 1.82) is 0 Å². The predicted molar refractivity (Wildman–Crippen MR) is 144 cm³/mol. The highest BCUT2D eigenvalue weighted by molar-refractivity contribution is 7.78. The Morgan fingerprint density at radius 1 is 0.472 bits per heavy atom. The van der Waals surface area contributed by atoms with Gasteiger partial charge in [0.25, 0.3) is 0 Å². The van der Waals surface area contributed by atoms with Gasteiger partial charge in [-0.3, -0.25) is 0 Å². The third-order valence-corrected chi connectivity index (χ3v) is 13.2. The normalized spacial score (nSPS) is 25.2. The largest absolute Gasteiger partial charge is 0.422 e. The van der Waals surface area contributed by atoms with Gasteiger partial charge in [-0.05, 0) is 73.9 Å². The van der Waals surface area contributed by atoms with Crippen LogP contribution in [0, 0.1) is 20.8 Å². The van der Waals surface area contributed by atoms with Crippen molar-refractivity contribution in [2.24, 2.45) is 13.5 Å². The van der Waals surface area contributed by atoms with Crippen molar-refractivity contribution in [3.05, 3.63) is 89.5 Å². The predicted octanol–water partition coefficient (Wildman–Crippen LogP) is 8.94. The lowest BCUT2D eigenvalue weighted by Gasteiger charge is -2.31. The molecule has 12 heteroatoms. The van der Waals surface area contributed by atoms with Crippen molar-refractivity contribution >= 4 is 23.0 Å². The first-order valence-corrected chi connectivity index (χ1v) is 15.7. The van der Waals surface area contributed by atoms with E-state index in [4.69, 9.17) is 40.7 Å². The molecule has 0 spiro atoms. The maximum absolute atomic E-state index is 6.34. The molecule has 4 rings (SSSR count). The van der Waals surface area contributed by atoms with E-state index >= 15 is 0 Å². The summed E-state index contributed by atoms with van der Waals surface area (Å²) in [4.78, 5) is 0. The lowest BCUT2D eigenvalue weighted by molar-refractivity contribution is 0.354. The number of aryl methyl sites for hydroxylation is 3. The molecule has 0 unspecified atom stereocenters. The van der Waals surface area contributed by atoms with Crippen LogP contribution < -0.4 is 13.6 Å². The fourth-order valence-electron chi connectivity index (χ4n) is 3.35. The minimum Gasteiger partial charge on any atom is -0.422 e. The van der Waals surface area contributed by atoms with Gasteiger partial charge in [-0.1, -0.05) is 36.4 Å². The fourth-order valence-corrected chi connectivity index (χ4v) is 12.2. The standard InChI is InChI=1S/C24H30N3O6P3/c1-19-10-7-13-22(16-19)31-34(28-4)25-35(29-5,32-23-14-8-11-20(2)17-23)27-36(26-34,30-6)33-24-15-9-12-21(3)18-24/h7-18H,1-6H3. The minimum absolute atomic E-state index is 0.536. The monoisotopic (exact) mass is 549 g/mol. The number of benzene rings is 3. The molecule has 0 radical (unpaired) electrons. The first-order chi connectivity index (χ1) is 17.2. The van der Waals surface area contributed by atoms with Gasteiger partial charge >= 0.3 is 23.0 Å². The van der Waals surface area contributed by atoms with Gasteiger partial charge in [-0.2, -0.15) is 0 Å². The Kier molecular flexibility index (Phi) is 8.11. The van der Waals surface area contributed by atoms with Crippen LogP contribution in [0.5, 0.6) is 17.2 Å². The summed E-state index contributed by atoms with van der Waals surface area (Å²) in [6.07, 6.45) is 0. The van der Waals surface area contributed by atoms with Crippen molar-refractivity contribution < 1.29 is 27.1 Å². The molecule has 3 aromatic rings. The summed E-state index contributed by atoms with van der Waals surface area (Å²) >= 11 is 0. The van der Waals surface area contributed by atoms with Crippen LogP contribution in [0.2, 0.25) is 0 Å². The van der Waals surface area contributed by atoms with Gasteiger partial charge in [0.05, 0.1) is 0 Å². The molecular formula is C24H30N3O6P3. The zero-order valence-corrected chi connectivity index (χ0v) is 23.7. The molecular weight excluding hydrogens is 519 g/mol. The maximum atomic E-state index is 6.34. The van der Waals surface area contributed by atoms with E-state index in [2.05, 4.69) is 0 Å². The van der Waals surface area contributed by atoms with Crippen LogP contribution in [0.15, 0.2) is 86.3 Å². The highest BCUT2D eigenvalue weighted by Gasteiger charge is 2.44. The second-order valence-electron chi connectivity index (χ2n) is 8.01. The molecule has 0 saturated carbocycles. The molecule has 1 heterocycles. The zero-order chi connectivity index (χ0) is 25.8. The van der Waals surface area contributed by atoms with Gasteiger partial charge in [0, 0.05) is 21.3 Å². The van der Waals surface area contributed by atoms with E-state index in [1.54, 1.807) is 0 Å². The molecule has 1 aliphatic rings. The average Bonchev–Trinajstić information content (AvgIpc) is 2.84. The zero-order valence-electron chi connectivity index (χ0n) is 21.1. The van der Waals surface area contributed by atoms with Gasteiger partial charge in [-0.15, -0.1) is 13.5 Å². The van der Waals surface area contributed by atoms with Crippen LogP contribution in [0.4, 0.5) is 0 Å². The van der Waals surface area contributed by atoms with Crippen molar-refractivity contribution in [1.82, 2.24) is 0 Å². The third-order valence-electron chi connectivity index (χ3n) is 5.03. The Balaban J connectivity index is 1.94. The molecule has 0 atom stereocenters. The van der Waals surface area contributed by atoms with Gasteiger partial charge in [0.1, 0.15) is 17.2 Å². The second-order valence-corrected chi connectivity index (χ2v) is 14.7. The van der Waals surface area contributed by atoms with Crippen LogP contribution in [0.25, 0.3) is 0 Å². The van der Waals surface area contributed by atoms with Crippen LogP contribution in [-0.4, -0.2) is 21.3 Å². The molecule has 0 fully saturated rings. The minimum atomic E-state index is -3.43. The summed E-state index contributed by atoms with van der Waals surface area (Å²) in [6.45, 7) is 5.90. The van der Waals surface area contributed by atoms with Crippen molar-refractivity contribution in [2.45, 2.75) is 20.8 Å². The summed E-state index contributed by atoms with van der Waals surface area (Å²) < 4.78 is 51.1. The smallest absolute Gasteiger partial charge is 0.404 e. The lowest BCUT2D eigenvalue weighted by atomic mass is 10.2. The topological polar surface area (TPSA) is 92.5 Å². The van der Waals surface area contributed by atoms with Crippen LogP contribution in [-0.2, 0) is 13.6 Å². The van der Waals surface area contributed by atoms with Crippen molar-refractivity contribution in [2.75, 3.05) is 21.3 Å². The summed E-state index contributed by atoms with van der Waals surface area (Å²) in [6, 6.07) is 22.6. The number of rotatable bonds is 9. The van der Waals surface area contributed by atoms with Crippen LogP contribution >= 0.6 is 23.0 Å². The molecule has 0 saturated heterocycles. The van der Waals surface area contributed by atoms with E-state index in [1.165, 1.54) is 21.3 Å². The van der Waals surface area contributed by atoms with Gasteiger partial charge in [-0.25, -0.2) is 0 Å². The van der Waals surface area contributed by atoms with E-state index in [0.29, 0.717) is 17.2 Å². The van der Waals surface area contributed by atoms with E-state index in [0.717, 1.165) is 16.7 Å². The third kappa shape index (κ3) is 6.12. The van der Waals surface area contributed by atoms with Gasteiger partial charge in [0.15, 0.2) is 0 Å². The highest BCUT2D eigenvalue weighted by atomic mass is 31.3. The molecule has 0 aromatic heterocycles. The molecule has 36 heavy (non-hydrogen) atoms. The Bertz CT molecular complexity index is 1240. The molecule has 9 nitrogen and oxygen atoms in total. The first kappa shape index (κ1) is 26.7. The Hall–Kier alpha value is -2.37. The van der Waals surface area contributed by atoms with Crippen molar-refractivity contribution in [3.63, 3.8) is 0 Å². The van der Waals surface area contributed by atoms with Crippen LogP contribution in [0.3, 0.4) is 0 Å². The first-order valence-electron chi connectivity index (χ1n) is 11.1. The molecule has 0 bridgehead atoms. The maximum Gasteiger partial charge on any atom is 0.404 e. The highest BCUT2D eigenvalue weighted by Crippen LogP contribution is 2.79. The number of nitrogens with zero attached hydrogens (tertiary/aromatic N) is 3. The Morgan fingerprint density at radius 2 is 0.750 bits per heavy atom. The second kappa shape index (κ2) is 10.9. The molecule has 3 aromatic carbocycles. The fraction of sp³-hybridized carbons (Fsp3) is 0.250. The summed E-state index contributed by atoms with van der Waals surface area (Å²) in [5.74, 6) is 1.61. The summed E-state index contributed by atoms with van der Waals surface area (Å²) in [5, 5.41) is 0.